The molecule has 7 heteroatoms. The van der Waals surface area contributed by atoms with Gasteiger partial charge in [-0.3, -0.25) is 10.1 Å². The van der Waals surface area contributed by atoms with Gasteiger partial charge in [0, 0.05) is 16.8 Å². The minimum Gasteiger partial charge on any atom is -0.493 e. The number of hydrogen-bond acceptors (Lipinski definition) is 4. The van der Waals surface area contributed by atoms with Crippen molar-refractivity contribution in [3.05, 3.63) is 58.6 Å². The Balaban J connectivity index is 1.98. The Hall–Kier alpha value is -2.57. The quantitative estimate of drug-likeness (QED) is 0.592. The first-order valence-corrected chi connectivity index (χ1v) is 8.49. The molecule has 0 heterocycles. The average Bonchev–Trinajstić information content (AvgIpc) is 2.62. The number of aryl methyl sites for hydroxylation is 1. The summed E-state index contributed by atoms with van der Waals surface area (Å²) in [6, 6.07) is 10.8. The van der Waals surface area contributed by atoms with Crippen LogP contribution in [0.5, 0.6) is 11.5 Å². The topological polar surface area (TPSA) is 59.6 Å². The number of ether oxygens (including phenoxy) is 2. The van der Waals surface area contributed by atoms with E-state index in [1.54, 1.807) is 44.6 Å². The second-order valence-electron chi connectivity index (χ2n) is 5.35. The minimum atomic E-state index is -0.350. The lowest BCUT2D eigenvalue weighted by atomic mass is 10.2. The van der Waals surface area contributed by atoms with Crippen LogP contribution in [0, 0.1) is 6.92 Å². The van der Waals surface area contributed by atoms with Gasteiger partial charge < -0.3 is 14.8 Å². The highest BCUT2D eigenvalue weighted by molar-refractivity contribution is 7.80. The molecule has 0 aliphatic rings. The van der Waals surface area contributed by atoms with E-state index in [0.717, 1.165) is 16.8 Å². The molecule has 0 bridgehead atoms. The molecule has 5 nitrogen and oxygen atoms in total. The predicted molar refractivity (Wildman–Crippen MR) is 109 cm³/mol. The average molecular weight is 391 g/mol. The molecule has 0 aromatic heterocycles. The van der Waals surface area contributed by atoms with Crippen LogP contribution >= 0.6 is 23.8 Å². The monoisotopic (exact) mass is 390 g/mol. The zero-order chi connectivity index (χ0) is 19.1. The second kappa shape index (κ2) is 9.22. The highest BCUT2D eigenvalue weighted by Crippen LogP contribution is 2.27. The van der Waals surface area contributed by atoms with Crippen LogP contribution in [0.1, 0.15) is 11.1 Å². The van der Waals surface area contributed by atoms with Crippen LogP contribution in [0.2, 0.25) is 5.02 Å². The molecule has 0 aliphatic carbocycles. The fraction of sp³-hybridized carbons (Fsp3) is 0.158. The first-order valence-electron chi connectivity index (χ1n) is 7.71. The van der Waals surface area contributed by atoms with Gasteiger partial charge in [-0.2, -0.15) is 0 Å². The highest BCUT2D eigenvalue weighted by Gasteiger charge is 2.06. The number of amides is 1. The number of anilines is 1. The predicted octanol–water partition coefficient (Wildman–Crippen LogP) is 4.19. The van der Waals surface area contributed by atoms with Crippen molar-refractivity contribution in [2.45, 2.75) is 6.92 Å². The summed E-state index contributed by atoms with van der Waals surface area (Å²) in [4.78, 5) is 12.0. The Morgan fingerprint density at radius 3 is 2.54 bits per heavy atom. The zero-order valence-corrected chi connectivity index (χ0v) is 16.2. The Labute approximate surface area is 163 Å². The van der Waals surface area contributed by atoms with E-state index in [-0.39, 0.29) is 11.0 Å². The SMILES string of the molecule is COc1ccc(C=CC(=O)NC(=S)Nc2cc(Cl)ccc2C)cc1OC. The Kier molecular flexibility index (Phi) is 7.00. The molecule has 0 fully saturated rings. The fourth-order valence-corrected chi connectivity index (χ4v) is 2.55. The lowest BCUT2D eigenvalue weighted by Crippen LogP contribution is -2.33. The van der Waals surface area contributed by atoms with Gasteiger partial charge in [0.25, 0.3) is 0 Å². The number of carbonyl (C=O) groups is 1. The molecule has 0 spiro atoms. The second-order valence-corrected chi connectivity index (χ2v) is 6.20. The van der Waals surface area contributed by atoms with Gasteiger partial charge >= 0.3 is 0 Å². The van der Waals surface area contributed by atoms with Crippen molar-refractivity contribution in [1.29, 1.82) is 0 Å². The molecule has 2 rings (SSSR count). The van der Waals surface area contributed by atoms with Gasteiger partial charge in [0.05, 0.1) is 14.2 Å². The molecule has 2 aromatic rings. The smallest absolute Gasteiger partial charge is 0.250 e. The van der Waals surface area contributed by atoms with E-state index in [4.69, 9.17) is 33.3 Å². The Morgan fingerprint density at radius 1 is 1.12 bits per heavy atom. The first-order chi connectivity index (χ1) is 12.4. The molecule has 0 atom stereocenters. The van der Waals surface area contributed by atoms with Gasteiger partial charge in [-0.25, -0.2) is 0 Å². The first kappa shape index (κ1) is 19.8. The Morgan fingerprint density at radius 2 is 1.85 bits per heavy atom. The van der Waals surface area contributed by atoms with Crippen molar-refractivity contribution in [2.75, 3.05) is 19.5 Å². The fourth-order valence-electron chi connectivity index (χ4n) is 2.16. The highest BCUT2D eigenvalue weighted by atomic mass is 35.5. The lowest BCUT2D eigenvalue weighted by molar-refractivity contribution is -0.115. The zero-order valence-electron chi connectivity index (χ0n) is 14.6. The number of rotatable bonds is 5. The van der Waals surface area contributed by atoms with Crippen molar-refractivity contribution >= 4 is 46.6 Å². The summed E-state index contributed by atoms with van der Waals surface area (Å²) in [6.45, 7) is 1.92. The van der Waals surface area contributed by atoms with Gasteiger partial charge in [-0.05, 0) is 60.6 Å². The standard InChI is InChI=1S/C19H19ClN2O3S/c1-12-4-7-14(20)11-15(12)21-19(26)22-18(23)9-6-13-5-8-16(24-2)17(10-13)25-3/h4-11H,1-3H3,(H2,21,22,23,26). The van der Waals surface area contributed by atoms with Crippen LogP contribution in [-0.4, -0.2) is 25.2 Å². The number of nitrogens with one attached hydrogen (secondary N) is 2. The van der Waals surface area contributed by atoms with Gasteiger partial charge in [0.2, 0.25) is 5.91 Å². The van der Waals surface area contributed by atoms with Gasteiger partial charge in [0.15, 0.2) is 16.6 Å². The summed E-state index contributed by atoms with van der Waals surface area (Å²) in [6.07, 6.45) is 3.05. The number of benzene rings is 2. The summed E-state index contributed by atoms with van der Waals surface area (Å²) in [5, 5.41) is 6.33. The molecular weight excluding hydrogens is 372 g/mol. The number of methoxy groups -OCH3 is 2. The number of hydrogen-bond donors (Lipinski definition) is 2. The summed E-state index contributed by atoms with van der Waals surface area (Å²) in [7, 11) is 3.12. The maximum absolute atomic E-state index is 12.0. The molecule has 2 N–H and O–H groups in total. The third kappa shape index (κ3) is 5.47. The van der Waals surface area contributed by atoms with E-state index in [0.29, 0.717) is 16.5 Å². The van der Waals surface area contributed by atoms with E-state index in [1.807, 2.05) is 19.1 Å². The van der Waals surface area contributed by atoms with E-state index >= 15 is 0 Å². The largest absolute Gasteiger partial charge is 0.493 e. The van der Waals surface area contributed by atoms with Crippen LogP contribution in [0.4, 0.5) is 5.69 Å². The Bertz CT molecular complexity index is 853. The van der Waals surface area contributed by atoms with Crippen molar-refractivity contribution < 1.29 is 14.3 Å². The normalized spacial score (nSPS) is 10.5. The third-order valence-electron chi connectivity index (χ3n) is 3.52. The van der Waals surface area contributed by atoms with Crippen molar-refractivity contribution in [1.82, 2.24) is 5.32 Å². The third-order valence-corrected chi connectivity index (χ3v) is 3.96. The van der Waals surface area contributed by atoms with Gasteiger partial charge in [0.1, 0.15) is 0 Å². The van der Waals surface area contributed by atoms with Crippen LogP contribution in [-0.2, 0) is 4.79 Å². The molecule has 0 radical (unpaired) electrons. The van der Waals surface area contributed by atoms with E-state index < -0.39 is 0 Å². The molecule has 1 amide bonds. The van der Waals surface area contributed by atoms with Crippen LogP contribution in [0.3, 0.4) is 0 Å². The van der Waals surface area contributed by atoms with Gasteiger partial charge in [-0.15, -0.1) is 0 Å². The van der Waals surface area contributed by atoms with Crippen LogP contribution in [0.15, 0.2) is 42.5 Å². The van der Waals surface area contributed by atoms with Crippen molar-refractivity contribution in [2.24, 2.45) is 0 Å². The molecule has 136 valence electrons. The summed E-state index contributed by atoms with van der Waals surface area (Å²) in [5.41, 5.74) is 2.50. The van der Waals surface area contributed by atoms with Crippen molar-refractivity contribution in [3.8, 4) is 11.5 Å². The molecule has 0 saturated carbocycles. The summed E-state index contributed by atoms with van der Waals surface area (Å²) >= 11 is 11.1. The maximum atomic E-state index is 12.0. The number of thiocarbonyl (C=S) groups is 1. The molecular formula is C19H19ClN2O3S. The summed E-state index contributed by atoms with van der Waals surface area (Å²) < 4.78 is 10.4. The van der Waals surface area contributed by atoms with Crippen LogP contribution < -0.4 is 20.1 Å². The number of carbonyl (C=O) groups excluding carboxylic acids is 1. The minimum absolute atomic E-state index is 0.192. The van der Waals surface area contributed by atoms with Crippen molar-refractivity contribution in [3.63, 3.8) is 0 Å². The van der Waals surface area contributed by atoms with E-state index in [1.165, 1.54) is 6.08 Å². The van der Waals surface area contributed by atoms with E-state index in [2.05, 4.69) is 10.6 Å². The molecule has 0 unspecified atom stereocenters. The maximum Gasteiger partial charge on any atom is 0.250 e. The van der Waals surface area contributed by atoms with E-state index in [9.17, 15) is 4.79 Å². The molecule has 0 aliphatic heterocycles. The lowest BCUT2D eigenvalue weighted by Gasteiger charge is -2.11. The van der Waals surface area contributed by atoms with Crippen LogP contribution in [0.25, 0.3) is 6.08 Å². The molecule has 0 saturated heterocycles. The summed E-state index contributed by atoms with van der Waals surface area (Å²) in [5.74, 6) is 0.858. The van der Waals surface area contributed by atoms with Gasteiger partial charge in [-0.1, -0.05) is 23.7 Å². The number of halogens is 1. The molecule has 2 aromatic carbocycles. The molecule has 26 heavy (non-hydrogen) atoms.